The molecule has 0 spiro atoms. The molecule has 6 heteroatoms. The lowest BCUT2D eigenvalue weighted by atomic mass is 10.1. The number of nitrogens with one attached hydrogen (secondary N) is 1. The normalized spacial score (nSPS) is 13.6. The number of alkyl halides is 3. The number of rotatable bonds is 5. The Labute approximate surface area is 114 Å². The third-order valence-corrected chi connectivity index (χ3v) is 3.00. The van der Waals surface area contributed by atoms with Crippen molar-refractivity contribution in [1.82, 2.24) is 10.3 Å². The van der Waals surface area contributed by atoms with Gasteiger partial charge in [0.25, 0.3) is 0 Å². The first-order valence-corrected chi connectivity index (χ1v) is 6.26. The minimum Gasteiger partial charge on any atom is -0.382 e. The molecule has 2 rings (SSSR count). The number of para-hydroxylation sites is 1. The van der Waals surface area contributed by atoms with Crippen molar-refractivity contribution in [2.45, 2.75) is 18.7 Å². The zero-order valence-corrected chi connectivity index (χ0v) is 10.7. The minimum absolute atomic E-state index is 0.350. The van der Waals surface area contributed by atoms with Gasteiger partial charge >= 0.3 is 6.18 Å². The molecule has 2 N–H and O–H groups in total. The highest BCUT2D eigenvalue weighted by atomic mass is 19.4. The average Bonchev–Trinajstić information content (AvgIpc) is 2.42. The van der Waals surface area contributed by atoms with E-state index in [4.69, 9.17) is 5.11 Å². The summed E-state index contributed by atoms with van der Waals surface area (Å²) in [6.45, 7) is -0.148. The molecule has 0 bridgehead atoms. The minimum atomic E-state index is -4.58. The van der Waals surface area contributed by atoms with E-state index in [1.54, 1.807) is 6.20 Å². The van der Waals surface area contributed by atoms with Crippen LogP contribution < -0.4 is 5.32 Å². The lowest BCUT2D eigenvalue weighted by molar-refractivity contribution is -0.201. The van der Waals surface area contributed by atoms with Crippen molar-refractivity contribution < 1.29 is 18.3 Å². The van der Waals surface area contributed by atoms with Crippen molar-refractivity contribution in [3.8, 4) is 0 Å². The predicted molar refractivity (Wildman–Crippen MR) is 70.4 cm³/mol. The van der Waals surface area contributed by atoms with Gasteiger partial charge in [0.2, 0.25) is 0 Å². The van der Waals surface area contributed by atoms with Gasteiger partial charge in [-0.05, 0) is 24.6 Å². The number of hydrogen-bond donors (Lipinski definition) is 2. The fourth-order valence-electron chi connectivity index (χ4n) is 1.95. The quantitative estimate of drug-likeness (QED) is 0.828. The van der Waals surface area contributed by atoms with Crippen LogP contribution in [0.5, 0.6) is 0 Å². The maximum atomic E-state index is 12.1. The summed E-state index contributed by atoms with van der Waals surface area (Å²) in [6.07, 6.45) is -4.66. The Morgan fingerprint density at radius 1 is 1.20 bits per heavy atom. The first-order chi connectivity index (χ1) is 9.48. The summed E-state index contributed by atoms with van der Waals surface area (Å²) >= 11 is 0. The molecule has 0 saturated heterocycles. The van der Waals surface area contributed by atoms with Crippen molar-refractivity contribution in [2.75, 3.05) is 13.1 Å². The number of halogens is 3. The van der Waals surface area contributed by atoms with Crippen LogP contribution in [0.4, 0.5) is 13.2 Å². The van der Waals surface area contributed by atoms with E-state index in [9.17, 15) is 13.2 Å². The number of aliphatic hydroxyl groups is 1. The number of fused-ring (bicyclic) bond motifs is 1. The lowest BCUT2D eigenvalue weighted by Crippen LogP contribution is -2.39. The Hall–Kier alpha value is -1.66. The fourth-order valence-corrected chi connectivity index (χ4v) is 1.95. The van der Waals surface area contributed by atoms with Crippen molar-refractivity contribution in [2.24, 2.45) is 0 Å². The van der Waals surface area contributed by atoms with Gasteiger partial charge in [-0.1, -0.05) is 24.3 Å². The SMILES string of the molecule is OC(CNCCc1cccc2cccnc12)C(F)(F)F. The van der Waals surface area contributed by atoms with Gasteiger partial charge < -0.3 is 10.4 Å². The molecule has 0 saturated carbocycles. The standard InChI is InChI=1S/C14H15F3N2O/c15-14(16,17)12(20)9-18-8-6-11-4-1-3-10-5-2-7-19-13(10)11/h1-5,7,12,18,20H,6,8-9H2. The predicted octanol–water partition coefficient (Wildman–Crippen LogP) is 2.29. The molecule has 1 aromatic carbocycles. The Kier molecular flexibility index (Phi) is 4.57. The van der Waals surface area contributed by atoms with E-state index in [0.29, 0.717) is 13.0 Å². The highest BCUT2D eigenvalue weighted by Crippen LogP contribution is 2.19. The van der Waals surface area contributed by atoms with Crippen LogP contribution in [0.2, 0.25) is 0 Å². The molecule has 0 fully saturated rings. The van der Waals surface area contributed by atoms with Crippen molar-refractivity contribution in [3.05, 3.63) is 42.1 Å². The summed E-state index contributed by atoms with van der Waals surface area (Å²) in [5, 5.41) is 12.5. The molecule has 2 aromatic rings. The first kappa shape index (κ1) is 14.7. The second kappa shape index (κ2) is 6.19. The van der Waals surface area contributed by atoms with Gasteiger partial charge in [-0.15, -0.1) is 0 Å². The van der Waals surface area contributed by atoms with Gasteiger partial charge in [-0.25, -0.2) is 0 Å². The lowest BCUT2D eigenvalue weighted by Gasteiger charge is -2.15. The number of aromatic nitrogens is 1. The Bertz CT molecular complexity index is 566. The Morgan fingerprint density at radius 3 is 2.70 bits per heavy atom. The van der Waals surface area contributed by atoms with Crippen molar-refractivity contribution in [1.29, 1.82) is 0 Å². The number of aliphatic hydroxyl groups excluding tert-OH is 1. The van der Waals surface area contributed by atoms with Crippen LogP contribution in [0.3, 0.4) is 0 Å². The van der Waals surface area contributed by atoms with E-state index < -0.39 is 18.8 Å². The first-order valence-electron chi connectivity index (χ1n) is 6.26. The number of hydrogen-bond acceptors (Lipinski definition) is 3. The molecular weight excluding hydrogens is 269 g/mol. The molecular formula is C14H15F3N2O. The van der Waals surface area contributed by atoms with Crippen LogP contribution in [0.15, 0.2) is 36.5 Å². The third kappa shape index (κ3) is 3.68. The second-order valence-corrected chi connectivity index (χ2v) is 4.50. The highest BCUT2D eigenvalue weighted by molar-refractivity contribution is 5.81. The number of nitrogens with zero attached hydrogens (tertiary/aromatic N) is 1. The summed E-state index contributed by atoms with van der Waals surface area (Å²) in [5.41, 5.74) is 1.82. The average molecular weight is 284 g/mol. The molecule has 1 heterocycles. The topological polar surface area (TPSA) is 45.1 Å². The van der Waals surface area contributed by atoms with Crippen LogP contribution in [0.25, 0.3) is 10.9 Å². The van der Waals surface area contributed by atoms with E-state index in [1.807, 2.05) is 30.3 Å². The Balaban J connectivity index is 1.91. The van der Waals surface area contributed by atoms with Crippen LogP contribution >= 0.6 is 0 Å². The van der Waals surface area contributed by atoms with Gasteiger partial charge in [0.15, 0.2) is 6.10 Å². The maximum Gasteiger partial charge on any atom is 0.415 e. The van der Waals surface area contributed by atoms with Crippen LogP contribution in [0, 0.1) is 0 Å². The number of benzene rings is 1. The smallest absolute Gasteiger partial charge is 0.382 e. The van der Waals surface area contributed by atoms with Gasteiger partial charge in [0.05, 0.1) is 5.52 Å². The van der Waals surface area contributed by atoms with E-state index in [-0.39, 0.29) is 0 Å². The van der Waals surface area contributed by atoms with E-state index in [0.717, 1.165) is 16.5 Å². The molecule has 108 valence electrons. The van der Waals surface area contributed by atoms with Crippen LogP contribution in [-0.4, -0.2) is 35.5 Å². The molecule has 1 atom stereocenters. The molecule has 1 unspecified atom stereocenters. The molecule has 0 radical (unpaired) electrons. The van der Waals surface area contributed by atoms with Gasteiger partial charge in [0.1, 0.15) is 0 Å². The van der Waals surface area contributed by atoms with Crippen molar-refractivity contribution >= 4 is 10.9 Å². The van der Waals surface area contributed by atoms with E-state index in [2.05, 4.69) is 10.3 Å². The highest BCUT2D eigenvalue weighted by Gasteiger charge is 2.37. The van der Waals surface area contributed by atoms with Gasteiger partial charge in [-0.2, -0.15) is 13.2 Å². The summed E-state index contributed by atoms with van der Waals surface area (Å²) in [6, 6.07) is 9.50. The number of pyridine rings is 1. The molecule has 0 aliphatic heterocycles. The zero-order valence-electron chi connectivity index (χ0n) is 10.7. The molecule has 20 heavy (non-hydrogen) atoms. The van der Waals surface area contributed by atoms with Crippen molar-refractivity contribution in [3.63, 3.8) is 0 Å². The summed E-state index contributed by atoms with van der Waals surface area (Å²) in [4.78, 5) is 4.28. The van der Waals surface area contributed by atoms with Gasteiger partial charge in [0, 0.05) is 18.1 Å². The Morgan fingerprint density at radius 2 is 1.95 bits per heavy atom. The summed E-state index contributed by atoms with van der Waals surface area (Å²) in [5.74, 6) is 0. The molecule has 0 aliphatic rings. The summed E-state index contributed by atoms with van der Waals surface area (Å²) < 4.78 is 36.3. The fraction of sp³-hybridized carbons (Fsp3) is 0.357. The molecule has 0 amide bonds. The van der Waals surface area contributed by atoms with Crippen LogP contribution in [-0.2, 0) is 6.42 Å². The second-order valence-electron chi connectivity index (χ2n) is 4.50. The zero-order chi connectivity index (χ0) is 14.6. The summed E-state index contributed by atoms with van der Waals surface area (Å²) in [7, 11) is 0. The monoisotopic (exact) mass is 284 g/mol. The van der Waals surface area contributed by atoms with E-state index in [1.165, 1.54) is 0 Å². The van der Waals surface area contributed by atoms with E-state index >= 15 is 0 Å². The molecule has 3 nitrogen and oxygen atoms in total. The largest absolute Gasteiger partial charge is 0.415 e. The maximum absolute atomic E-state index is 12.1. The van der Waals surface area contributed by atoms with Gasteiger partial charge in [-0.3, -0.25) is 4.98 Å². The molecule has 1 aromatic heterocycles. The van der Waals surface area contributed by atoms with Crippen LogP contribution in [0.1, 0.15) is 5.56 Å². The third-order valence-electron chi connectivity index (χ3n) is 3.00. The molecule has 0 aliphatic carbocycles.